The summed E-state index contributed by atoms with van der Waals surface area (Å²) in [5.74, 6) is 0.580. The zero-order valence-corrected chi connectivity index (χ0v) is 11.9. The highest BCUT2D eigenvalue weighted by molar-refractivity contribution is 7.17. The van der Waals surface area contributed by atoms with Gasteiger partial charge in [-0.25, -0.2) is 0 Å². The van der Waals surface area contributed by atoms with Crippen molar-refractivity contribution in [3.63, 3.8) is 0 Å². The number of nitrogens with zero attached hydrogens (tertiary/aromatic N) is 1. The van der Waals surface area contributed by atoms with Crippen molar-refractivity contribution in [1.29, 1.82) is 0 Å². The Labute approximate surface area is 121 Å². The number of rotatable bonds is 5. The average Bonchev–Trinajstić information content (AvgIpc) is 3.13. The normalized spacial score (nSPS) is 14.5. The van der Waals surface area contributed by atoms with Gasteiger partial charge in [-0.15, -0.1) is 11.3 Å². The van der Waals surface area contributed by atoms with E-state index < -0.39 is 6.10 Å². The standard InChI is InChI=1S/C15H16N2O2S/c1-10(16-9-13(18)14-3-2-5-19-14)11-7-15-12(17-8-11)4-6-20-15/h2-8,10,13,16,18H,9H2,1H3. The fourth-order valence-corrected chi connectivity index (χ4v) is 2.88. The summed E-state index contributed by atoms with van der Waals surface area (Å²) >= 11 is 1.69. The van der Waals surface area contributed by atoms with E-state index in [2.05, 4.69) is 23.3 Å². The predicted molar refractivity (Wildman–Crippen MR) is 79.7 cm³/mol. The first-order valence-electron chi connectivity index (χ1n) is 6.52. The van der Waals surface area contributed by atoms with Crippen LogP contribution >= 0.6 is 11.3 Å². The summed E-state index contributed by atoms with van der Waals surface area (Å²) in [6.07, 6.45) is 2.81. The maximum absolute atomic E-state index is 9.97. The number of pyridine rings is 1. The van der Waals surface area contributed by atoms with Gasteiger partial charge in [0.2, 0.25) is 0 Å². The van der Waals surface area contributed by atoms with Crippen LogP contribution < -0.4 is 5.32 Å². The van der Waals surface area contributed by atoms with Crippen molar-refractivity contribution in [2.45, 2.75) is 19.1 Å². The number of aliphatic hydroxyl groups excluding tert-OH is 1. The third-order valence-electron chi connectivity index (χ3n) is 3.31. The van der Waals surface area contributed by atoms with Gasteiger partial charge in [-0.1, -0.05) is 0 Å². The quantitative estimate of drug-likeness (QED) is 0.756. The van der Waals surface area contributed by atoms with Crippen LogP contribution in [0.25, 0.3) is 10.2 Å². The average molecular weight is 288 g/mol. The molecule has 20 heavy (non-hydrogen) atoms. The van der Waals surface area contributed by atoms with Crippen molar-refractivity contribution in [2.75, 3.05) is 6.54 Å². The molecule has 0 aliphatic carbocycles. The summed E-state index contributed by atoms with van der Waals surface area (Å²) in [4.78, 5) is 4.43. The van der Waals surface area contributed by atoms with Crippen LogP contribution in [0.2, 0.25) is 0 Å². The molecule has 5 heteroatoms. The Morgan fingerprint density at radius 1 is 1.45 bits per heavy atom. The summed E-state index contributed by atoms with van der Waals surface area (Å²) < 4.78 is 6.36. The van der Waals surface area contributed by atoms with Crippen molar-refractivity contribution >= 4 is 21.6 Å². The second-order valence-electron chi connectivity index (χ2n) is 4.73. The van der Waals surface area contributed by atoms with E-state index in [-0.39, 0.29) is 6.04 Å². The summed E-state index contributed by atoms with van der Waals surface area (Å²) in [7, 11) is 0. The molecule has 3 rings (SSSR count). The van der Waals surface area contributed by atoms with E-state index in [0.717, 1.165) is 11.1 Å². The van der Waals surface area contributed by atoms with Crippen molar-refractivity contribution in [3.05, 3.63) is 53.4 Å². The SMILES string of the molecule is CC(NCC(O)c1ccco1)c1cnc2ccsc2c1. The van der Waals surface area contributed by atoms with Gasteiger partial charge in [0.1, 0.15) is 11.9 Å². The highest BCUT2D eigenvalue weighted by Crippen LogP contribution is 2.23. The maximum Gasteiger partial charge on any atom is 0.133 e. The van der Waals surface area contributed by atoms with Crippen LogP contribution in [0.4, 0.5) is 0 Å². The van der Waals surface area contributed by atoms with Gasteiger partial charge in [0.05, 0.1) is 16.5 Å². The molecule has 0 amide bonds. The molecule has 0 aliphatic rings. The lowest BCUT2D eigenvalue weighted by Gasteiger charge is -2.16. The predicted octanol–water partition coefficient (Wildman–Crippen LogP) is 3.27. The van der Waals surface area contributed by atoms with Gasteiger partial charge in [0, 0.05) is 18.8 Å². The number of thiophene rings is 1. The Balaban J connectivity index is 1.65. The Bertz CT molecular complexity index is 678. The Morgan fingerprint density at radius 2 is 2.35 bits per heavy atom. The van der Waals surface area contributed by atoms with Gasteiger partial charge >= 0.3 is 0 Å². The minimum absolute atomic E-state index is 0.124. The zero-order valence-electron chi connectivity index (χ0n) is 11.1. The van der Waals surface area contributed by atoms with Crippen LogP contribution in [0.5, 0.6) is 0 Å². The number of fused-ring (bicyclic) bond motifs is 1. The molecule has 0 aliphatic heterocycles. The van der Waals surface area contributed by atoms with Crippen molar-refractivity contribution in [3.8, 4) is 0 Å². The van der Waals surface area contributed by atoms with Crippen LogP contribution in [-0.4, -0.2) is 16.6 Å². The highest BCUT2D eigenvalue weighted by Gasteiger charge is 2.13. The molecule has 0 saturated heterocycles. The molecule has 0 bridgehead atoms. The van der Waals surface area contributed by atoms with Crippen molar-refractivity contribution in [2.24, 2.45) is 0 Å². The molecule has 0 radical (unpaired) electrons. The molecule has 2 unspecified atom stereocenters. The molecule has 2 N–H and O–H groups in total. The fraction of sp³-hybridized carbons (Fsp3) is 0.267. The second kappa shape index (κ2) is 5.75. The van der Waals surface area contributed by atoms with Crippen LogP contribution in [0, 0.1) is 0 Å². The third-order valence-corrected chi connectivity index (χ3v) is 4.17. The fourth-order valence-electron chi connectivity index (χ4n) is 2.09. The summed E-state index contributed by atoms with van der Waals surface area (Å²) in [5.41, 5.74) is 2.15. The second-order valence-corrected chi connectivity index (χ2v) is 5.68. The molecule has 3 aromatic heterocycles. The first-order valence-corrected chi connectivity index (χ1v) is 7.40. The van der Waals surface area contributed by atoms with Gasteiger partial charge in [0.15, 0.2) is 0 Å². The van der Waals surface area contributed by atoms with Crippen LogP contribution in [0.1, 0.15) is 30.4 Å². The molecular formula is C15H16N2O2S. The highest BCUT2D eigenvalue weighted by atomic mass is 32.1. The van der Waals surface area contributed by atoms with Crippen LogP contribution in [0.3, 0.4) is 0 Å². The zero-order chi connectivity index (χ0) is 13.9. The van der Waals surface area contributed by atoms with E-state index in [4.69, 9.17) is 4.42 Å². The molecule has 3 heterocycles. The number of aliphatic hydroxyl groups is 1. The van der Waals surface area contributed by atoms with Crippen molar-refractivity contribution in [1.82, 2.24) is 10.3 Å². The Hall–Kier alpha value is -1.69. The number of nitrogens with one attached hydrogen (secondary N) is 1. The third kappa shape index (κ3) is 2.75. The lowest BCUT2D eigenvalue weighted by atomic mass is 10.1. The first-order chi connectivity index (χ1) is 9.74. The Morgan fingerprint density at radius 3 is 3.15 bits per heavy atom. The molecule has 104 valence electrons. The van der Waals surface area contributed by atoms with Crippen molar-refractivity contribution < 1.29 is 9.52 Å². The largest absolute Gasteiger partial charge is 0.467 e. The molecule has 0 saturated carbocycles. The van der Waals surface area contributed by atoms with Gasteiger partial charge in [-0.3, -0.25) is 4.98 Å². The molecule has 3 aromatic rings. The van der Waals surface area contributed by atoms with Gasteiger partial charge in [-0.05, 0) is 42.1 Å². The summed E-state index contributed by atoms with van der Waals surface area (Å²) in [5, 5.41) is 15.3. The molecule has 4 nitrogen and oxygen atoms in total. The Kier molecular flexibility index (Phi) is 3.82. The summed E-state index contributed by atoms with van der Waals surface area (Å²) in [6, 6.07) is 7.83. The van der Waals surface area contributed by atoms with Crippen LogP contribution in [0.15, 0.2) is 46.5 Å². The van der Waals surface area contributed by atoms with Gasteiger partial charge in [0.25, 0.3) is 0 Å². The molecule has 0 aromatic carbocycles. The molecule has 0 fully saturated rings. The van der Waals surface area contributed by atoms with E-state index in [0.29, 0.717) is 12.3 Å². The van der Waals surface area contributed by atoms with E-state index in [9.17, 15) is 5.11 Å². The van der Waals surface area contributed by atoms with Crippen LogP contribution in [-0.2, 0) is 0 Å². The van der Waals surface area contributed by atoms with E-state index in [1.54, 1.807) is 29.7 Å². The van der Waals surface area contributed by atoms with E-state index in [1.165, 1.54) is 4.70 Å². The lowest BCUT2D eigenvalue weighted by Crippen LogP contribution is -2.24. The minimum atomic E-state index is -0.633. The monoisotopic (exact) mass is 288 g/mol. The van der Waals surface area contributed by atoms with E-state index >= 15 is 0 Å². The van der Waals surface area contributed by atoms with Gasteiger partial charge < -0.3 is 14.8 Å². The molecular weight excluding hydrogens is 272 g/mol. The number of hydrogen-bond acceptors (Lipinski definition) is 5. The smallest absolute Gasteiger partial charge is 0.133 e. The number of furan rings is 1. The molecule has 0 spiro atoms. The number of aromatic nitrogens is 1. The minimum Gasteiger partial charge on any atom is -0.467 e. The molecule has 2 atom stereocenters. The summed E-state index contributed by atoms with van der Waals surface area (Å²) in [6.45, 7) is 2.50. The topological polar surface area (TPSA) is 58.3 Å². The maximum atomic E-state index is 9.97. The number of hydrogen-bond donors (Lipinski definition) is 2. The van der Waals surface area contributed by atoms with E-state index in [1.807, 2.05) is 17.6 Å². The first kappa shape index (κ1) is 13.3. The van der Waals surface area contributed by atoms with Gasteiger partial charge in [-0.2, -0.15) is 0 Å². The lowest BCUT2D eigenvalue weighted by molar-refractivity contribution is 0.144.